The number of carbonyl (C=O) groups is 1. The van der Waals surface area contributed by atoms with Crippen LogP contribution in [0.3, 0.4) is 0 Å². The smallest absolute Gasteiger partial charge is 0.260 e. The number of hydrogen-bond acceptors (Lipinski definition) is 6. The molecule has 0 aliphatic heterocycles. The number of benzene rings is 2. The Kier molecular flexibility index (Phi) is 5.26. The van der Waals surface area contributed by atoms with Crippen LogP contribution in [0.4, 0.5) is 13.9 Å². The van der Waals surface area contributed by atoms with Gasteiger partial charge in [0.2, 0.25) is 15.2 Å². The van der Waals surface area contributed by atoms with Crippen molar-refractivity contribution in [2.45, 2.75) is 4.90 Å². The molecular formula is C16H12F2N4O3S2. The number of sulfonamides is 1. The SMILES string of the molecule is CNS(=O)(=O)c1ccc(F)c(C(=O)Nc2nnc(-c3ccc(F)cc3)s2)c1. The minimum absolute atomic E-state index is 0.0839. The van der Waals surface area contributed by atoms with E-state index >= 15 is 0 Å². The first-order valence-electron chi connectivity index (χ1n) is 7.44. The first kappa shape index (κ1) is 19.0. The van der Waals surface area contributed by atoms with Crippen LogP contribution < -0.4 is 10.0 Å². The number of nitrogens with zero attached hydrogens (tertiary/aromatic N) is 2. The molecule has 3 rings (SSSR count). The maximum absolute atomic E-state index is 14.0. The Morgan fingerprint density at radius 2 is 1.78 bits per heavy atom. The van der Waals surface area contributed by atoms with Gasteiger partial charge in [-0.2, -0.15) is 0 Å². The normalized spacial score (nSPS) is 11.4. The van der Waals surface area contributed by atoms with Gasteiger partial charge >= 0.3 is 0 Å². The van der Waals surface area contributed by atoms with Gasteiger partial charge in [-0.05, 0) is 49.5 Å². The molecule has 1 amide bonds. The van der Waals surface area contributed by atoms with Gasteiger partial charge in [-0.1, -0.05) is 11.3 Å². The van der Waals surface area contributed by atoms with E-state index in [1.165, 1.54) is 31.3 Å². The van der Waals surface area contributed by atoms with Crippen LogP contribution in [0.5, 0.6) is 0 Å². The van der Waals surface area contributed by atoms with Gasteiger partial charge in [0.25, 0.3) is 5.91 Å². The van der Waals surface area contributed by atoms with Crippen molar-refractivity contribution in [3.05, 3.63) is 59.7 Å². The van der Waals surface area contributed by atoms with E-state index in [-0.39, 0.29) is 10.0 Å². The van der Waals surface area contributed by atoms with Gasteiger partial charge in [0.15, 0.2) is 0 Å². The number of halogens is 2. The second-order valence-electron chi connectivity index (χ2n) is 5.22. The molecule has 2 aromatic carbocycles. The maximum atomic E-state index is 14.0. The minimum Gasteiger partial charge on any atom is -0.296 e. The molecule has 27 heavy (non-hydrogen) atoms. The van der Waals surface area contributed by atoms with Crippen LogP contribution in [-0.4, -0.2) is 31.6 Å². The zero-order chi connectivity index (χ0) is 19.6. The fraction of sp³-hybridized carbons (Fsp3) is 0.0625. The van der Waals surface area contributed by atoms with Crippen LogP contribution in [0.2, 0.25) is 0 Å². The van der Waals surface area contributed by atoms with Crippen molar-refractivity contribution in [1.29, 1.82) is 0 Å². The molecule has 0 aliphatic rings. The van der Waals surface area contributed by atoms with Gasteiger partial charge in [0.1, 0.15) is 16.6 Å². The van der Waals surface area contributed by atoms with Crippen LogP contribution in [0.1, 0.15) is 10.4 Å². The highest BCUT2D eigenvalue weighted by Crippen LogP contribution is 2.27. The van der Waals surface area contributed by atoms with Crippen LogP contribution in [-0.2, 0) is 10.0 Å². The number of anilines is 1. The van der Waals surface area contributed by atoms with Crippen molar-refractivity contribution in [1.82, 2.24) is 14.9 Å². The number of nitrogens with one attached hydrogen (secondary N) is 2. The molecule has 0 radical (unpaired) electrons. The number of rotatable bonds is 5. The Balaban J connectivity index is 1.84. The molecule has 0 aliphatic carbocycles. The Morgan fingerprint density at radius 3 is 2.44 bits per heavy atom. The van der Waals surface area contributed by atoms with E-state index in [2.05, 4.69) is 20.2 Å². The quantitative estimate of drug-likeness (QED) is 0.673. The average Bonchev–Trinajstić information content (AvgIpc) is 3.10. The molecule has 1 aromatic heterocycles. The minimum atomic E-state index is -3.83. The zero-order valence-corrected chi connectivity index (χ0v) is 15.4. The molecule has 0 saturated heterocycles. The number of aromatic nitrogens is 2. The molecular weight excluding hydrogens is 398 g/mol. The summed E-state index contributed by atoms with van der Waals surface area (Å²) in [4.78, 5) is 12.1. The molecule has 11 heteroatoms. The standard InChI is InChI=1S/C16H12F2N4O3S2/c1-19-27(24,25)11-6-7-13(18)12(8-11)14(23)20-16-22-21-15(26-16)9-2-4-10(17)5-3-9/h2-8,19H,1H3,(H,20,22,23). The maximum Gasteiger partial charge on any atom is 0.260 e. The molecule has 0 bridgehead atoms. The molecule has 0 fully saturated rings. The van der Waals surface area contributed by atoms with Crippen LogP contribution in [0.25, 0.3) is 10.6 Å². The lowest BCUT2D eigenvalue weighted by Crippen LogP contribution is -2.20. The first-order chi connectivity index (χ1) is 12.8. The predicted octanol–water partition coefficient (Wildman–Crippen LogP) is 2.64. The topological polar surface area (TPSA) is 101 Å². The van der Waals surface area contributed by atoms with E-state index in [4.69, 9.17) is 0 Å². The van der Waals surface area contributed by atoms with Crippen LogP contribution >= 0.6 is 11.3 Å². The van der Waals surface area contributed by atoms with Gasteiger partial charge in [-0.3, -0.25) is 10.1 Å². The summed E-state index contributed by atoms with van der Waals surface area (Å²) in [6.07, 6.45) is 0. The molecule has 0 saturated carbocycles. The highest BCUT2D eigenvalue weighted by Gasteiger charge is 2.19. The second-order valence-corrected chi connectivity index (χ2v) is 8.09. The lowest BCUT2D eigenvalue weighted by Gasteiger charge is -2.06. The van der Waals surface area contributed by atoms with Gasteiger partial charge < -0.3 is 0 Å². The summed E-state index contributed by atoms with van der Waals surface area (Å²) in [7, 11) is -2.63. The first-order valence-corrected chi connectivity index (χ1v) is 9.74. The molecule has 3 aromatic rings. The average molecular weight is 410 g/mol. The summed E-state index contributed by atoms with van der Waals surface area (Å²) in [6.45, 7) is 0. The molecule has 0 atom stereocenters. The highest BCUT2D eigenvalue weighted by molar-refractivity contribution is 7.89. The Bertz CT molecular complexity index is 1100. The second kappa shape index (κ2) is 7.47. The molecule has 2 N–H and O–H groups in total. The third-order valence-corrected chi connectivity index (χ3v) is 5.80. The molecule has 140 valence electrons. The molecule has 7 nitrogen and oxygen atoms in total. The van der Waals surface area contributed by atoms with Gasteiger partial charge in [0, 0.05) is 5.56 Å². The van der Waals surface area contributed by atoms with E-state index in [1.54, 1.807) is 0 Å². The Labute approximate surface area is 157 Å². The molecule has 1 heterocycles. The lowest BCUT2D eigenvalue weighted by molar-refractivity contribution is 0.102. The van der Waals surface area contributed by atoms with E-state index in [1.807, 2.05) is 0 Å². The number of carbonyl (C=O) groups excluding carboxylic acids is 1. The molecule has 0 unspecified atom stereocenters. The summed E-state index contributed by atoms with van der Waals surface area (Å²) in [6, 6.07) is 8.41. The fourth-order valence-corrected chi connectivity index (χ4v) is 3.61. The van der Waals surface area contributed by atoms with Crippen LogP contribution in [0, 0.1) is 11.6 Å². The summed E-state index contributed by atoms with van der Waals surface area (Å²) >= 11 is 1.01. The third-order valence-electron chi connectivity index (χ3n) is 3.50. The lowest BCUT2D eigenvalue weighted by atomic mass is 10.2. The van der Waals surface area contributed by atoms with Gasteiger partial charge in [0.05, 0.1) is 10.5 Å². The van der Waals surface area contributed by atoms with Crippen molar-refractivity contribution in [2.75, 3.05) is 12.4 Å². The fourth-order valence-electron chi connectivity index (χ4n) is 2.11. The van der Waals surface area contributed by atoms with Crippen molar-refractivity contribution < 1.29 is 22.0 Å². The monoisotopic (exact) mass is 410 g/mol. The zero-order valence-electron chi connectivity index (χ0n) is 13.7. The van der Waals surface area contributed by atoms with Gasteiger partial charge in [-0.15, -0.1) is 10.2 Å². The van der Waals surface area contributed by atoms with Crippen molar-refractivity contribution in [3.8, 4) is 10.6 Å². The Hall–Kier alpha value is -2.76. The predicted molar refractivity (Wildman–Crippen MR) is 95.9 cm³/mol. The summed E-state index contributed by atoms with van der Waals surface area (Å²) in [5.41, 5.74) is 0.146. The van der Waals surface area contributed by atoms with Crippen molar-refractivity contribution >= 4 is 32.4 Å². The van der Waals surface area contributed by atoms with E-state index in [9.17, 15) is 22.0 Å². The van der Waals surface area contributed by atoms with E-state index in [0.29, 0.717) is 10.6 Å². The molecule has 0 spiro atoms. The van der Waals surface area contributed by atoms with Crippen molar-refractivity contribution in [2.24, 2.45) is 0 Å². The largest absolute Gasteiger partial charge is 0.296 e. The van der Waals surface area contributed by atoms with E-state index in [0.717, 1.165) is 29.5 Å². The number of amides is 1. The summed E-state index contributed by atoms with van der Waals surface area (Å²) < 4.78 is 52.7. The van der Waals surface area contributed by atoms with E-state index < -0.39 is 33.1 Å². The highest BCUT2D eigenvalue weighted by atomic mass is 32.2. The number of hydrogen-bond donors (Lipinski definition) is 2. The van der Waals surface area contributed by atoms with Crippen molar-refractivity contribution in [3.63, 3.8) is 0 Å². The Morgan fingerprint density at radius 1 is 1.07 bits per heavy atom. The van der Waals surface area contributed by atoms with Crippen LogP contribution in [0.15, 0.2) is 47.4 Å². The van der Waals surface area contributed by atoms with Gasteiger partial charge in [-0.25, -0.2) is 21.9 Å². The summed E-state index contributed by atoms with van der Waals surface area (Å²) in [5.74, 6) is -2.16. The third kappa shape index (κ3) is 4.15. The summed E-state index contributed by atoms with van der Waals surface area (Å²) in [5, 5.41) is 10.6.